The zero-order valence-electron chi connectivity index (χ0n) is 17.1. The maximum atomic E-state index is 12.4. The molecule has 0 saturated carbocycles. The van der Waals surface area contributed by atoms with Gasteiger partial charge in [-0.15, -0.1) is 10.2 Å². The largest absolute Gasteiger partial charge is 0.372 e. The Labute approximate surface area is 172 Å². The number of rotatable bonds is 8. The van der Waals surface area contributed by atoms with Crippen molar-refractivity contribution in [1.29, 1.82) is 0 Å². The van der Waals surface area contributed by atoms with Crippen LogP contribution in [0.25, 0.3) is 0 Å². The molecule has 1 unspecified atom stereocenters. The van der Waals surface area contributed by atoms with Crippen LogP contribution in [0, 0.1) is 0 Å². The molecule has 1 aromatic heterocycles. The molecule has 1 atom stereocenters. The van der Waals surface area contributed by atoms with Crippen LogP contribution in [0.2, 0.25) is 0 Å². The van der Waals surface area contributed by atoms with Crippen LogP contribution in [0.3, 0.4) is 0 Å². The average Bonchev–Trinajstić information content (AvgIpc) is 2.77. The minimum absolute atomic E-state index is 0.104. The van der Waals surface area contributed by atoms with Crippen molar-refractivity contribution in [2.75, 3.05) is 23.3 Å². The maximum Gasteiger partial charge on any atom is 0.272 e. The van der Waals surface area contributed by atoms with Gasteiger partial charge >= 0.3 is 0 Å². The van der Waals surface area contributed by atoms with E-state index in [2.05, 4.69) is 51.7 Å². The lowest BCUT2D eigenvalue weighted by molar-refractivity contribution is 0.0934. The number of nitrogens with one attached hydrogen (secondary N) is 2. The summed E-state index contributed by atoms with van der Waals surface area (Å²) in [6, 6.07) is 21.3. The van der Waals surface area contributed by atoms with Gasteiger partial charge in [0, 0.05) is 24.5 Å². The van der Waals surface area contributed by atoms with Crippen molar-refractivity contribution >= 4 is 23.1 Å². The number of anilines is 3. The van der Waals surface area contributed by atoms with Gasteiger partial charge in [0.05, 0.1) is 6.04 Å². The van der Waals surface area contributed by atoms with Gasteiger partial charge in [-0.2, -0.15) is 0 Å². The van der Waals surface area contributed by atoms with E-state index in [1.807, 2.05) is 49.4 Å². The second-order valence-corrected chi connectivity index (χ2v) is 6.75. The number of benzene rings is 2. The molecule has 0 spiro atoms. The third-order valence-corrected chi connectivity index (χ3v) is 4.81. The molecule has 2 aromatic carbocycles. The van der Waals surface area contributed by atoms with Crippen LogP contribution < -0.4 is 15.5 Å². The molecule has 0 fully saturated rings. The fraction of sp³-hybridized carbons (Fsp3) is 0.261. The van der Waals surface area contributed by atoms with Gasteiger partial charge in [0.2, 0.25) is 0 Å². The SMILES string of the molecule is CCN(CC)c1ccc(Nc2ccc(C(=O)NC(C)c3ccccc3)nn2)cc1. The van der Waals surface area contributed by atoms with Crippen LogP contribution in [0.1, 0.15) is 42.9 Å². The molecule has 0 bridgehead atoms. The summed E-state index contributed by atoms with van der Waals surface area (Å²) >= 11 is 0. The molecular formula is C23H27N5O. The zero-order chi connectivity index (χ0) is 20.6. The summed E-state index contributed by atoms with van der Waals surface area (Å²) in [7, 11) is 0. The number of nitrogens with zero attached hydrogens (tertiary/aromatic N) is 3. The first-order chi connectivity index (χ1) is 14.1. The van der Waals surface area contributed by atoms with E-state index in [1.165, 1.54) is 5.69 Å². The first kappa shape index (κ1) is 20.3. The summed E-state index contributed by atoms with van der Waals surface area (Å²) in [6.07, 6.45) is 0. The zero-order valence-corrected chi connectivity index (χ0v) is 17.1. The van der Waals surface area contributed by atoms with Crippen molar-refractivity contribution in [3.63, 3.8) is 0 Å². The molecule has 2 N–H and O–H groups in total. The Kier molecular flexibility index (Phi) is 6.79. The highest BCUT2D eigenvalue weighted by molar-refractivity contribution is 5.92. The average molecular weight is 390 g/mol. The molecule has 0 aliphatic rings. The lowest BCUT2D eigenvalue weighted by Crippen LogP contribution is -2.27. The molecule has 0 radical (unpaired) electrons. The number of hydrogen-bond donors (Lipinski definition) is 2. The van der Waals surface area contributed by atoms with Crippen molar-refractivity contribution in [2.24, 2.45) is 0 Å². The van der Waals surface area contributed by atoms with E-state index in [0.29, 0.717) is 5.82 Å². The number of amides is 1. The minimum atomic E-state index is -0.246. The van der Waals surface area contributed by atoms with Crippen molar-refractivity contribution in [2.45, 2.75) is 26.8 Å². The van der Waals surface area contributed by atoms with Crippen LogP contribution >= 0.6 is 0 Å². The van der Waals surface area contributed by atoms with E-state index in [9.17, 15) is 4.79 Å². The molecular weight excluding hydrogens is 362 g/mol. The first-order valence-corrected chi connectivity index (χ1v) is 9.92. The van der Waals surface area contributed by atoms with Crippen LogP contribution in [0.4, 0.5) is 17.2 Å². The quantitative estimate of drug-likeness (QED) is 0.591. The number of carbonyl (C=O) groups is 1. The molecule has 6 nitrogen and oxygen atoms in total. The number of aromatic nitrogens is 2. The van der Waals surface area contributed by atoms with Crippen LogP contribution in [0.15, 0.2) is 66.7 Å². The third-order valence-electron chi connectivity index (χ3n) is 4.81. The minimum Gasteiger partial charge on any atom is -0.372 e. The normalized spacial score (nSPS) is 11.6. The maximum absolute atomic E-state index is 12.4. The lowest BCUT2D eigenvalue weighted by atomic mass is 10.1. The monoisotopic (exact) mass is 389 g/mol. The van der Waals surface area contributed by atoms with Crippen LogP contribution in [-0.2, 0) is 0 Å². The van der Waals surface area contributed by atoms with E-state index < -0.39 is 0 Å². The molecule has 3 rings (SSSR count). The van der Waals surface area contributed by atoms with E-state index in [4.69, 9.17) is 0 Å². The Morgan fingerprint density at radius 1 is 0.931 bits per heavy atom. The summed E-state index contributed by atoms with van der Waals surface area (Å²) in [4.78, 5) is 14.7. The van der Waals surface area contributed by atoms with E-state index in [0.717, 1.165) is 24.3 Å². The molecule has 1 amide bonds. The van der Waals surface area contributed by atoms with Crippen molar-refractivity contribution in [1.82, 2.24) is 15.5 Å². The van der Waals surface area contributed by atoms with Crippen LogP contribution in [-0.4, -0.2) is 29.2 Å². The highest BCUT2D eigenvalue weighted by atomic mass is 16.2. The van der Waals surface area contributed by atoms with Crippen molar-refractivity contribution < 1.29 is 4.79 Å². The fourth-order valence-electron chi connectivity index (χ4n) is 3.11. The van der Waals surface area contributed by atoms with E-state index >= 15 is 0 Å². The fourth-order valence-corrected chi connectivity index (χ4v) is 3.11. The van der Waals surface area contributed by atoms with Gasteiger partial charge in [-0.3, -0.25) is 4.79 Å². The first-order valence-electron chi connectivity index (χ1n) is 9.92. The summed E-state index contributed by atoms with van der Waals surface area (Å²) in [6.45, 7) is 8.17. The molecule has 0 aliphatic heterocycles. The number of carbonyl (C=O) groups excluding carboxylic acids is 1. The second-order valence-electron chi connectivity index (χ2n) is 6.75. The topological polar surface area (TPSA) is 70.2 Å². The molecule has 29 heavy (non-hydrogen) atoms. The molecule has 0 saturated heterocycles. The Bertz CT molecular complexity index is 906. The third kappa shape index (κ3) is 5.31. The number of hydrogen-bond acceptors (Lipinski definition) is 5. The summed E-state index contributed by atoms with van der Waals surface area (Å²) in [5.74, 6) is 0.345. The standard InChI is InChI=1S/C23H27N5O/c1-4-28(5-2)20-13-11-19(12-14-20)25-22-16-15-21(26-27-22)23(29)24-17(3)18-9-7-6-8-10-18/h6-17H,4-5H2,1-3H3,(H,24,29)(H,25,27). The molecule has 6 heteroatoms. The van der Waals surface area contributed by atoms with Gasteiger partial charge in [0.1, 0.15) is 0 Å². The van der Waals surface area contributed by atoms with Crippen LogP contribution in [0.5, 0.6) is 0 Å². The lowest BCUT2D eigenvalue weighted by Gasteiger charge is -2.21. The molecule has 1 heterocycles. The summed E-state index contributed by atoms with van der Waals surface area (Å²) < 4.78 is 0. The van der Waals surface area contributed by atoms with Gasteiger partial charge < -0.3 is 15.5 Å². The van der Waals surface area contributed by atoms with Gasteiger partial charge in [-0.05, 0) is 62.7 Å². The molecule has 150 valence electrons. The van der Waals surface area contributed by atoms with Gasteiger partial charge in [0.15, 0.2) is 11.5 Å². The predicted octanol–water partition coefficient (Wildman–Crippen LogP) is 4.56. The van der Waals surface area contributed by atoms with Gasteiger partial charge in [0.25, 0.3) is 5.91 Å². The predicted molar refractivity (Wildman–Crippen MR) is 118 cm³/mol. The highest BCUT2D eigenvalue weighted by Crippen LogP contribution is 2.20. The summed E-state index contributed by atoms with van der Waals surface area (Å²) in [5, 5.41) is 14.4. The smallest absolute Gasteiger partial charge is 0.272 e. The van der Waals surface area contributed by atoms with E-state index in [-0.39, 0.29) is 17.6 Å². The van der Waals surface area contributed by atoms with Gasteiger partial charge in [-0.1, -0.05) is 30.3 Å². The van der Waals surface area contributed by atoms with Crippen molar-refractivity contribution in [3.8, 4) is 0 Å². The van der Waals surface area contributed by atoms with Gasteiger partial charge in [-0.25, -0.2) is 0 Å². The summed E-state index contributed by atoms with van der Waals surface area (Å²) in [5.41, 5.74) is 3.44. The van der Waals surface area contributed by atoms with Crippen molar-refractivity contribution in [3.05, 3.63) is 78.0 Å². The second kappa shape index (κ2) is 9.68. The Morgan fingerprint density at radius 3 is 2.21 bits per heavy atom. The highest BCUT2D eigenvalue weighted by Gasteiger charge is 2.13. The van der Waals surface area contributed by atoms with E-state index in [1.54, 1.807) is 12.1 Å². The Balaban J connectivity index is 1.60. The Hall–Kier alpha value is -3.41. The Morgan fingerprint density at radius 2 is 1.62 bits per heavy atom. The molecule has 3 aromatic rings. The molecule has 0 aliphatic carbocycles.